The average molecular weight is 225 g/mol. The first-order valence-corrected chi connectivity index (χ1v) is 7.43. The molecule has 1 nitrogen and oxygen atoms in total. The van der Waals surface area contributed by atoms with Crippen LogP contribution in [0.3, 0.4) is 0 Å². The summed E-state index contributed by atoms with van der Waals surface area (Å²) in [6.45, 7) is 9.32. The summed E-state index contributed by atoms with van der Waals surface area (Å²) in [4.78, 5) is 0. The first-order valence-electron chi connectivity index (χ1n) is 7.43. The molecule has 0 heterocycles. The second-order valence-electron chi connectivity index (χ2n) is 5.85. The van der Waals surface area contributed by atoms with Crippen molar-refractivity contribution in [1.29, 1.82) is 0 Å². The van der Waals surface area contributed by atoms with E-state index in [1.807, 2.05) is 0 Å². The third-order valence-electron chi connectivity index (χ3n) is 4.54. The molecule has 0 amide bonds. The van der Waals surface area contributed by atoms with Crippen LogP contribution in [0.1, 0.15) is 72.6 Å². The van der Waals surface area contributed by atoms with Gasteiger partial charge in [0, 0.05) is 12.1 Å². The highest BCUT2D eigenvalue weighted by Gasteiger charge is 2.22. The van der Waals surface area contributed by atoms with E-state index in [2.05, 4.69) is 33.0 Å². The van der Waals surface area contributed by atoms with Crippen LogP contribution in [-0.4, -0.2) is 12.1 Å². The lowest BCUT2D eigenvalue weighted by atomic mass is 9.83. The van der Waals surface area contributed by atoms with Crippen LogP contribution in [0.2, 0.25) is 0 Å². The van der Waals surface area contributed by atoms with Gasteiger partial charge in [0.1, 0.15) is 0 Å². The molecule has 1 rings (SSSR count). The molecule has 0 saturated heterocycles. The third-order valence-corrected chi connectivity index (χ3v) is 4.54. The van der Waals surface area contributed by atoms with Crippen molar-refractivity contribution in [1.82, 2.24) is 5.32 Å². The maximum atomic E-state index is 3.83. The Morgan fingerprint density at radius 1 is 1.06 bits per heavy atom. The fraction of sp³-hybridized carbons (Fsp3) is 1.00. The zero-order chi connectivity index (χ0) is 12.0. The molecule has 1 saturated carbocycles. The lowest BCUT2D eigenvalue weighted by Gasteiger charge is -2.32. The summed E-state index contributed by atoms with van der Waals surface area (Å²) in [5.74, 6) is 1.84. The molecule has 0 bridgehead atoms. The zero-order valence-corrected chi connectivity index (χ0v) is 11.8. The van der Waals surface area contributed by atoms with Crippen LogP contribution in [0.5, 0.6) is 0 Å². The van der Waals surface area contributed by atoms with E-state index in [4.69, 9.17) is 0 Å². The first-order chi connectivity index (χ1) is 7.67. The number of hydrogen-bond acceptors (Lipinski definition) is 1. The van der Waals surface area contributed by atoms with Gasteiger partial charge in [0.25, 0.3) is 0 Å². The SMILES string of the molecule is CCCC1CCC(NC(C)C(C)CC)CC1. The van der Waals surface area contributed by atoms with Crippen LogP contribution >= 0.6 is 0 Å². The minimum Gasteiger partial charge on any atom is -0.311 e. The van der Waals surface area contributed by atoms with E-state index in [0.29, 0.717) is 6.04 Å². The van der Waals surface area contributed by atoms with Gasteiger partial charge in [0.05, 0.1) is 0 Å². The Kier molecular flexibility index (Phi) is 6.41. The van der Waals surface area contributed by atoms with Crippen molar-refractivity contribution in [3.8, 4) is 0 Å². The number of hydrogen-bond donors (Lipinski definition) is 1. The standard InChI is InChI=1S/C15H31N/c1-5-7-14-8-10-15(11-9-14)16-13(4)12(3)6-2/h12-16H,5-11H2,1-4H3. The van der Waals surface area contributed by atoms with Crippen molar-refractivity contribution in [2.75, 3.05) is 0 Å². The second-order valence-corrected chi connectivity index (χ2v) is 5.85. The van der Waals surface area contributed by atoms with Gasteiger partial charge in [0.2, 0.25) is 0 Å². The molecule has 96 valence electrons. The van der Waals surface area contributed by atoms with Gasteiger partial charge in [-0.2, -0.15) is 0 Å². The molecular weight excluding hydrogens is 194 g/mol. The van der Waals surface area contributed by atoms with Crippen molar-refractivity contribution in [2.24, 2.45) is 11.8 Å². The van der Waals surface area contributed by atoms with Gasteiger partial charge in [-0.25, -0.2) is 0 Å². The van der Waals surface area contributed by atoms with E-state index in [0.717, 1.165) is 17.9 Å². The Morgan fingerprint density at radius 3 is 2.19 bits per heavy atom. The van der Waals surface area contributed by atoms with Crippen LogP contribution in [0.4, 0.5) is 0 Å². The summed E-state index contributed by atoms with van der Waals surface area (Å²) >= 11 is 0. The summed E-state index contributed by atoms with van der Waals surface area (Å²) in [6, 6.07) is 1.50. The van der Waals surface area contributed by atoms with Crippen molar-refractivity contribution >= 4 is 0 Å². The fourth-order valence-electron chi connectivity index (χ4n) is 2.92. The number of rotatable bonds is 6. The third kappa shape index (κ3) is 4.45. The van der Waals surface area contributed by atoms with Gasteiger partial charge >= 0.3 is 0 Å². The molecule has 16 heavy (non-hydrogen) atoms. The normalized spacial score (nSPS) is 30.0. The molecule has 2 unspecified atom stereocenters. The molecule has 0 radical (unpaired) electrons. The lowest BCUT2D eigenvalue weighted by Crippen LogP contribution is -2.42. The summed E-state index contributed by atoms with van der Waals surface area (Å²) in [7, 11) is 0. The maximum absolute atomic E-state index is 3.83. The highest BCUT2D eigenvalue weighted by molar-refractivity contribution is 4.80. The molecule has 0 aromatic heterocycles. The maximum Gasteiger partial charge on any atom is 0.00698 e. The predicted molar refractivity (Wildman–Crippen MR) is 72.7 cm³/mol. The lowest BCUT2D eigenvalue weighted by molar-refractivity contribution is 0.246. The Bertz CT molecular complexity index is 170. The zero-order valence-electron chi connectivity index (χ0n) is 11.8. The van der Waals surface area contributed by atoms with Gasteiger partial charge < -0.3 is 5.32 Å². The average Bonchev–Trinajstić information content (AvgIpc) is 2.31. The van der Waals surface area contributed by atoms with Gasteiger partial charge in [-0.3, -0.25) is 0 Å². The van der Waals surface area contributed by atoms with E-state index < -0.39 is 0 Å². The quantitative estimate of drug-likeness (QED) is 0.708. The highest BCUT2D eigenvalue weighted by Crippen LogP contribution is 2.28. The largest absolute Gasteiger partial charge is 0.311 e. The van der Waals surface area contributed by atoms with Crippen LogP contribution in [0.25, 0.3) is 0 Å². The van der Waals surface area contributed by atoms with Crippen LogP contribution in [-0.2, 0) is 0 Å². The predicted octanol–water partition coefficient (Wildman–Crippen LogP) is 4.37. The summed E-state index contributed by atoms with van der Waals surface area (Å²) in [5.41, 5.74) is 0. The molecule has 0 spiro atoms. The molecule has 2 atom stereocenters. The molecule has 1 fully saturated rings. The topological polar surface area (TPSA) is 12.0 Å². The summed E-state index contributed by atoms with van der Waals surface area (Å²) in [6.07, 6.45) is 9.84. The van der Waals surface area contributed by atoms with E-state index in [9.17, 15) is 0 Å². The fourth-order valence-corrected chi connectivity index (χ4v) is 2.92. The van der Waals surface area contributed by atoms with Crippen LogP contribution < -0.4 is 5.32 Å². The molecule has 1 aliphatic carbocycles. The highest BCUT2D eigenvalue weighted by atomic mass is 14.9. The van der Waals surface area contributed by atoms with E-state index >= 15 is 0 Å². The van der Waals surface area contributed by atoms with Gasteiger partial charge in [0.15, 0.2) is 0 Å². The van der Waals surface area contributed by atoms with Crippen LogP contribution in [0.15, 0.2) is 0 Å². The van der Waals surface area contributed by atoms with Crippen molar-refractivity contribution < 1.29 is 0 Å². The molecule has 0 aromatic rings. The monoisotopic (exact) mass is 225 g/mol. The van der Waals surface area contributed by atoms with Gasteiger partial charge in [-0.1, -0.05) is 40.0 Å². The molecule has 1 heteroatoms. The molecular formula is C15H31N. The van der Waals surface area contributed by atoms with Gasteiger partial charge in [-0.05, 0) is 44.4 Å². The minimum absolute atomic E-state index is 0.692. The summed E-state index contributed by atoms with van der Waals surface area (Å²) < 4.78 is 0. The van der Waals surface area contributed by atoms with E-state index in [1.54, 1.807) is 0 Å². The van der Waals surface area contributed by atoms with Crippen molar-refractivity contribution in [2.45, 2.75) is 84.7 Å². The molecule has 1 aliphatic rings. The van der Waals surface area contributed by atoms with Crippen LogP contribution in [0, 0.1) is 11.8 Å². The van der Waals surface area contributed by atoms with Gasteiger partial charge in [-0.15, -0.1) is 0 Å². The molecule has 0 aromatic carbocycles. The van der Waals surface area contributed by atoms with Crippen molar-refractivity contribution in [3.63, 3.8) is 0 Å². The molecule has 0 aliphatic heterocycles. The van der Waals surface area contributed by atoms with E-state index in [-0.39, 0.29) is 0 Å². The smallest absolute Gasteiger partial charge is 0.00698 e. The first kappa shape index (κ1) is 14.0. The minimum atomic E-state index is 0.692. The summed E-state index contributed by atoms with van der Waals surface area (Å²) in [5, 5.41) is 3.83. The second kappa shape index (κ2) is 7.32. The molecule has 1 N–H and O–H groups in total. The Labute approximate surface area is 102 Å². The van der Waals surface area contributed by atoms with Crippen molar-refractivity contribution in [3.05, 3.63) is 0 Å². The Hall–Kier alpha value is -0.0400. The Balaban J connectivity index is 2.21. The number of nitrogens with one attached hydrogen (secondary N) is 1. The van der Waals surface area contributed by atoms with E-state index in [1.165, 1.54) is 44.9 Å². The Morgan fingerprint density at radius 2 is 1.69 bits per heavy atom.